The molecule has 0 fully saturated rings. The molecule has 0 spiro atoms. The van der Waals surface area contributed by atoms with Gasteiger partial charge in [0.25, 0.3) is 5.24 Å². The average molecular weight is 350 g/mol. The Labute approximate surface area is 105 Å². The Morgan fingerprint density at radius 2 is 1.93 bits per heavy atom. The van der Waals surface area contributed by atoms with Gasteiger partial charge in [-0.3, -0.25) is 9.59 Å². The van der Waals surface area contributed by atoms with Gasteiger partial charge in [-0.25, -0.2) is 0 Å². The molecule has 1 unspecified atom stereocenters. The van der Waals surface area contributed by atoms with Crippen LogP contribution < -0.4 is 0 Å². The third-order valence-electron chi connectivity index (χ3n) is 1.41. The summed E-state index contributed by atoms with van der Waals surface area (Å²) in [4.78, 5) is 21.9. The minimum atomic E-state index is -0.820. The van der Waals surface area contributed by atoms with Crippen molar-refractivity contribution in [3.05, 3.63) is 0 Å². The zero-order valence-electron chi connectivity index (χ0n) is 7.47. The first-order valence-electron chi connectivity index (χ1n) is 4.12. The molecule has 0 aliphatic heterocycles. The van der Waals surface area contributed by atoms with Crippen LogP contribution in [0.4, 0.5) is 0 Å². The lowest BCUT2D eigenvalue weighted by molar-refractivity contribution is -0.152. The summed E-state index contributed by atoms with van der Waals surface area (Å²) in [5.41, 5.74) is 0. The number of halogens is 3. The number of rotatable bonds is 7. The lowest BCUT2D eigenvalue weighted by Gasteiger charge is -2.12. The van der Waals surface area contributed by atoms with Crippen LogP contribution in [0.2, 0.25) is 0 Å². The van der Waals surface area contributed by atoms with Crippen molar-refractivity contribution in [1.82, 2.24) is 0 Å². The highest BCUT2D eigenvalue weighted by molar-refractivity contribution is 9.09. The van der Waals surface area contributed by atoms with Gasteiger partial charge < -0.3 is 4.74 Å². The normalized spacial score (nSPS) is 12.2. The molecular formula is C8H11Br2ClO3. The van der Waals surface area contributed by atoms with Crippen LogP contribution >= 0.6 is 43.5 Å². The lowest BCUT2D eigenvalue weighted by atomic mass is 10.3. The van der Waals surface area contributed by atoms with Gasteiger partial charge in [0, 0.05) is 23.5 Å². The van der Waals surface area contributed by atoms with Crippen LogP contribution in [-0.4, -0.2) is 28.0 Å². The molecule has 14 heavy (non-hydrogen) atoms. The Bertz CT molecular complexity index is 199. The van der Waals surface area contributed by atoms with Gasteiger partial charge in [0.2, 0.25) is 0 Å². The molecule has 0 heterocycles. The van der Waals surface area contributed by atoms with E-state index in [0.717, 1.165) is 5.33 Å². The Hall–Kier alpha value is 0.390. The van der Waals surface area contributed by atoms with E-state index in [1.165, 1.54) is 0 Å². The molecule has 0 amide bonds. The first-order chi connectivity index (χ1) is 6.61. The molecule has 0 saturated heterocycles. The molecule has 0 aromatic heterocycles. The molecule has 0 rings (SSSR count). The summed E-state index contributed by atoms with van der Waals surface area (Å²) < 4.78 is 4.88. The van der Waals surface area contributed by atoms with E-state index in [4.69, 9.17) is 16.3 Å². The second-order valence-electron chi connectivity index (χ2n) is 2.55. The van der Waals surface area contributed by atoms with E-state index in [9.17, 15) is 9.59 Å². The second kappa shape index (κ2) is 8.68. The van der Waals surface area contributed by atoms with E-state index in [1.54, 1.807) is 0 Å². The van der Waals surface area contributed by atoms with Gasteiger partial charge in [0.05, 0.1) is 0 Å². The standard InChI is InChI=1S/C8H11Br2ClO3/c9-4-1-2-7(12)14-6(3-5-10)8(11)13/h6H,1-5H2. The second-order valence-corrected chi connectivity index (χ2v) is 4.51. The maximum absolute atomic E-state index is 11.1. The van der Waals surface area contributed by atoms with Crippen LogP contribution in [-0.2, 0) is 14.3 Å². The fourth-order valence-electron chi connectivity index (χ4n) is 0.747. The molecule has 6 heteroatoms. The Balaban J connectivity index is 3.90. The van der Waals surface area contributed by atoms with Crippen LogP contribution in [0.3, 0.4) is 0 Å². The SMILES string of the molecule is O=C(CCCBr)OC(CCBr)C(=O)Cl. The monoisotopic (exact) mass is 348 g/mol. The fourth-order valence-corrected chi connectivity index (χ4v) is 1.60. The quantitative estimate of drug-likeness (QED) is 0.403. The van der Waals surface area contributed by atoms with E-state index in [0.29, 0.717) is 24.6 Å². The van der Waals surface area contributed by atoms with Crippen LogP contribution in [0.1, 0.15) is 19.3 Å². The first kappa shape index (κ1) is 14.4. The molecule has 0 N–H and O–H groups in total. The van der Waals surface area contributed by atoms with Crippen LogP contribution in [0.15, 0.2) is 0 Å². The first-order valence-corrected chi connectivity index (χ1v) is 6.74. The highest BCUT2D eigenvalue weighted by Crippen LogP contribution is 2.08. The maximum Gasteiger partial charge on any atom is 0.306 e. The molecule has 82 valence electrons. The Morgan fingerprint density at radius 3 is 2.36 bits per heavy atom. The molecule has 0 aromatic carbocycles. The molecule has 0 aromatic rings. The molecule has 0 bridgehead atoms. The van der Waals surface area contributed by atoms with Gasteiger partial charge in [-0.1, -0.05) is 31.9 Å². The van der Waals surface area contributed by atoms with Gasteiger partial charge in [0.1, 0.15) is 0 Å². The summed E-state index contributed by atoms with van der Waals surface area (Å²) in [6, 6.07) is 0. The van der Waals surface area contributed by atoms with E-state index in [-0.39, 0.29) is 5.97 Å². The van der Waals surface area contributed by atoms with Crippen molar-refractivity contribution in [1.29, 1.82) is 0 Å². The van der Waals surface area contributed by atoms with Crippen molar-refractivity contribution in [3.63, 3.8) is 0 Å². The zero-order chi connectivity index (χ0) is 11.0. The van der Waals surface area contributed by atoms with Gasteiger partial charge in [-0.2, -0.15) is 0 Å². The van der Waals surface area contributed by atoms with E-state index in [2.05, 4.69) is 31.9 Å². The van der Waals surface area contributed by atoms with Gasteiger partial charge in [-0.05, 0) is 18.0 Å². The number of esters is 1. The summed E-state index contributed by atoms with van der Waals surface area (Å²) in [5.74, 6) is -0.385. The van der Waals surface area contributed by atoms with Crippen molar-refractivity contribution >= 4 is 54.7 Å². The summed E-state index contributed by atoms with van der Waals surface area (Å²) in [5, 5.41) is 0.679. The van der Waals surface area contributed by atoms with E-state index >= 15 is 0 Å². The van der Waals surface area contributed by atoms with Crippen molar-refractivity contribution in [2.75, 3.05) is 10.7 Å². The van der Waals surface area contributed by atoms with Crippen LogP contribution in [0.5, 0.6) is 0 Å². The summed E-state index contributed by atoms with van der Waals surface area (Å²) in [7, 11) is 0. The Kier molecular flexibility index (Phi) is 8.92. The third kappa shape index (κ3) is 6.79. The van der Waals surface area contributed by atoms with Crippen molar-refractivity contribution in [2.45, 2.75) is 25.4 Å². The number of hydrogen-bond acceptors (Lipinski definition) is 3. The van der Waals surface area contributed by atoms with Crippen LogP contribution in [0.25, 0.3) is 0 Å². The predicted molar refractivity (Wildman–Crippen MR) is 62.2 cm³/mol. The van der Waals surface area contributed by atoms with E-state index in [1.807, 2.05) is 0 Å². The van der Waals surface area contributed by atoms with E-state index < -0.39 is 11.3 Å². The molecule has 0 saturated carbocycles. The largest absolute Gasteiger partial charge is 0.453 e. The zero-order valence-corrected chi connectivity index (χ0v) is 11.4. The number of carbonyl (C=O) groups is 2. The molecule has 0 aliphatic rings. The van der Waals surface area contributed by atoms with Gasteiger partial charge in [-0.15, -0.1) is 0 Å². The maximum atomic E-state index is 11.1. The highest BCUT2D eigenvalue weighted by atomic mass is 79.9. The molecule has 0 radical (unpaired) electrons. The number of ether oxygens (including phenoxy) is 1. The number of carbonyl (C=O) groups excluding carboxylic acids is 2. The smallest absolute Gasteiger partial charge is 0.306 e. The number of alkyl halides is 2. The van der Waals surface area contributed by atoms with Gasteiger partial charge in [0.15, 0.2) is 6.10 Å². The third-order valence-corrected chi connectivity index (χ3v) is 2.67. The van der Waals surface area contributed by atoms with Crippen molar-refractivity contribution in [3.8, 4) is 0 Å². The molecular weight excluding hydrogens is 339 g/mol. The molecule has 3 nitrogen and oxygen atoms in total. The van der Waals surface area contributed by atoms with Crippen molar-refractivity contribution in [2.24, 2.45) is 0 Å². The Morgan fingerprint density at radius 1 is 1.29 bits per heavy atom. The fraction of sp³-hybridized carbons (Fsp3) is 0.750. The van der Waals surface area contributed by atoms with Gasteiger partial charge >= 0.3 is 5.97 Å². The topological polar surface area (TPSA) is 43.4 Å². The summed E-state index contributed by atoms with van der Waals surface area (Å²) in [6.45, 7) is 0. The minimum Gasteiger partial charge on any atom is -0.453 e. The molecule has 0 aliphatic carbocycles. The predicted octanol–water partition coefficient (Wildman–Crippen LogP) is 2.62. The average Bonchev–Trinajstić information content (AvgIpc) is 2.14. The summed E-state index contributed by atoms with van der Waals surface area (Å²) >= 11 is 11.6. The highest BCUT2D eigenvalue weighted by Gasteiger charge is 2.19. The molecule has 1 atom stereocenters. The lowest BCUT2D eigenvalue weighted by Crippen LogP contribution is -2.24. The van der Waals surface area contributed by atoms with Crippen molar-refractivity contribution < 1.29 is 14.3 Å². The number of hydrogen-bond donors (Lipinski definition) is 0. The van der Waals surface area contributed by atoms with Crippen LogP contribution in [0, 0.1) is 0 Å². The minimum absolute atomic E-state index is 0.300. The summed E-state index contributed by atoms with van der Waals surface area (Å²) in [6.07, 6.45) is 0.575.